The molecule has 1 unspecified atom stereocenters. The molecule has 18 heavy (non-hydrogen) atoms. The van der Waals surface area contributed by atoms with E-state index in [4.69, 9.17) is 0 Å². The van der Waals surface area contributed by atoms with E-state index in [2.05, 4.69) is 23.8 Å². The molecular weight excluding hydrogens is 224 g/mol. The van der Waals surface area contributed by atoms with Crippen LogP contribution in [0.5, 0.6) is 0 Å². The third kappa shape index (κ3) is 2.74. The number of aliphatic hydroxyl groups is 1. The van der Waals surface area contributed by atoms with Crippen LogP contribution in [-0.2, 0) is 0 Å². The van der Waals surface area contributed by atoms with Crippen LogP contribution in [0.2, 0.25) is 0 Å². The molecule has 2 aromatic rings. The fourth-order valence-corrected chi connectivity index (χ4v) is 1.91. The first-order chi connectivity index (χ1) is 8.72. The smallest absolute Gasteiger partial charge is 0.134 e. The maximum absolute atomic E-state index is 9.43. The number of benzene rings is 1. The summed E-state index contributed by atoms with van der Waals surface area (Å²) in [5, 5.41) is 9.43. The van der Waals surface area contributed by atoms with Gasteiger partial charge in [0.1, 0.15) is 5.82 Å². The molecule has 1 N–H and O–H groups in total. The third-order valence-corrected chi connectivity index (χ3v) is 3.08. The Morgan fingerprint density at radius 1 is 1.11 bits per heavy atom. The average molecular weight is 242 g/mol. The van der Waals surface area contributed by atoms with Crippen molar-refractivity contribution in [3.8, 4) is 11.3 Å². The fourth-order valence-electron chi connectivity index (χ4n) is 1.91. The van der Waals surface area contributed by atoms with Crippen LogP contribution in [0.25, 0.3) is 11.3 Å². The lowest BCUT2D eigenvalue weighted by Crippen LogP contribution is -2.14. The Labute approximate surface area is 108 Å². The van der Waals surface area contributed by atoms with Gasteiger partial charge < -0.3 is 5.11 Å². The fraction of sp³-hybridized carbons (Fsp3) is 0.333. The molecule has 1 aromatic heterocycles. The zero-order valence-corrected chi connectivity index (χ0v) is 10.7. The van der Waals surface area contributed by atoms with Gasteiger partial charge in [0.25, 0.3) is 0 Å². The minimum absolute atomic E-state index is 0.00587. The summed E-state index contributed by atoms with van der Waals surface area (Å²) in [6, 6.07) is 11.9. The van der Waals surface area contributed by atoms with Crippen molar-refractivity contribution < 1.29 is 5.11 Å². The van der Waals surface area contributed by atoms with Crippen LogP contribution in [0.15, 0.2) is 42.6 Å². The van der Waals surface area contributed by atoms with E-state index in [1.807, 2.05) is 36.4 Å². The Hall–Kier alpha value is -1.74. The maximum Gasteiger partial charge on any atom is 0.134 e. The lowest BCUT2D eigenvalue weighted by molar-refractivity contribution is 0.232. The molecule has 3 heteroatoms. The van der Waals surface area contributed by atoms with Crippen LogP contribution in [-0.4, -0.2) is 21.7 Å². The number of rotatable bonds is 4. The number of aromatic nitrogens is 2. The average Bonchev–Trinajstić information content (AvgIpc) is 2.40. The van der Waals surface area contributed by atoms with Crippen molar-refractivity contribution >= 4 is 0 Å². The predicted octanol–water partition coefficient (Wildman–Crippen LogP) is 2.88. The SMILES string of the molecule is CC(C)C(CO)c1nccc(-c2ccccc2)n1. The van der Waals surface area contributed by atoms with E-state index in [1.165, 1.54) is 0 Å². The molecule has 0 amide bonds. The normalized spacial score (nSPS) is 12.7. The second-order valence-corrected chi connectivity index (χ2v) is 4.70. The second-order valence-electron chi connectivity index (χ2n) is 4.70. The van der Waals surface area contributed by atoms with Crippen LogP contribution in [0.1, 0.15) is 25.6 Å². The molecule has 3 nitrogen and oxygen atoms in total. The molecule has 1 heterocycles. The summed E-state index contributed by atoms with van der Waals surface area (Å²) in [7, 11) is 0. The van der Waals surface area contributed by atoms with Gasteiger partial charge in [-0.1, -0.05) is 44.2 Å². The summed E-state index contributed by atoms with van der Waals surface area (Å²) in [4.78, 5) is 8.85. The Kier molecular flexibility index (Phi) is 4.05. The molecule has 0 aliphatic carbocycles. The minimum atomic E-state index is -0.00587. The van der Waals surface area contributed by atoms with E-state index < -0.39 is 0 Å². The first-order valence-corrected chi connectivity index (χ1v) is 6.21. The quantitative estimate of drug-likeness (QED) is 0.896. The van der Waals surface area contributed by atoms with Crippen molar-refractivity contribution in [2.24, 2.45) is 5.92 Å². The highest BCUT2D eigenvalue weighted by Crippen LogP contribution is 2.23. The molecule has 94 valence electrons. The number of hydrogen-bond acceptors (Lipinski definition) is 3. The van der Waals surface area contributed by atoms with Crippen molar-refractivity contribution in [3.63, 3.8) is 0 Å². The van der Waals surface area contributed by atoms with E-state index in [9.17, 15) is 5.11 Å². The van der Waals surface area contributed by atoms with Crippen molar-refractivity contribution in [1.29, 1.82) is 0 Å². The van der Waals surface area contributed by atoms with Crippen molar-refractivity contribution in [2.75, 3.05) is 6.61 Å². The zero-order valence-electron chi connectivity index (χ0n) is 10.7. The molecule has 0 saturated carbocycles. The highest BCUT2D eigenvalue weighted by molar-refractivity contribution is 5.58. The highest BCUT2D eigenvalue weighted by atomic mass is 16.3. The van der Waals surface area contributed by atoms with Gasteiger partial charge in [-0.15, -0.1) is 0 Å². The van der Waals surface area contributed by atoms with Gasteiger partial charge in [-0.25, -0.2) is 9.97 Å². The zero-order chi connectivity index (χ0) is 13.0. The molecule has 1 atom stereocenters. The van der Waals surface area contributed by atoms with Crippen LogP contribution < -0.4 is 0 Å². The van der Waals surface area contributed by atoms with Gasteiger partial charge in [-0.3, -0.25) is 0 Å². The molecule has 0 fully saturated rings. The van der Waals surface area contributed by atoms with Crippen LogP contribution in [0.4, 0.5) is 0 Å². The van der Waals surface area contributed by atoms with Gasteiger partial charge in [-0.2, -0.15) is 0 Å². The molecular formula is C15H18N2O. The van der Waals surface area contributed by atoms with E-state index in [1.54, 1.807) is 6.20 Å². The minimum Gasteiger partial charge on any atom is -0.396 e. The standard InChI is InChI=1S/C15H18N2O/c1-11(2)13(10-18)15-16-9-8-14(17-15)12-6-4-3-5-7-12/h3-9,11,13,18H,10H2,1-2H3. The molecule has 1 aromatic carbocycles. The van der Waals surface area contributed by atoms with E-state index in [-0.39, 0.29) is 12.5 Å². The third-order valence-electron chi connectivity index (χ3n) is 3.08. The monoisotopic (exact) mass is 242 g/mol. The Balaban J connectivity index is 2.36. The Morgan fingerprint density at radius 3 is 2.44 bits per heavy atom. The lowest BCUT2D eigenvalue weighted by atomic mass is 9.96. The summed E-state index contributed by atoms with van der Waals surface area (Å²) in [5.41, 5.74) is 1.97. The van der Waals surface area contributed by atoms with Gasteiger partial charge in [-0.05, 0) is 12.0 Å². The number of hydrogen-bond donors (Lipinski definition) is 1. The van der Waals surface area contributed by atoms with E-state index in [0.717, 1.165) is 11.3 Å². The molecule has 0 spiro atoms. The summed E-state index contributed by atoms with van der Waals surface area (Å²) in [6.45, 7) is 4.22. The largest absolute Gasteiger partial charge is 0.396 e. The molecule has 0 bridgehead atoms. The molecule has 2 rings (SSSR count). The molecule has 0 aliphatic rings. The van der Waals surface area contributed by atoms with Crippen molar-refractivity contribution in [1.82, 2.24) is 9.97 Å². The van der Waals surface area contributed by atoms with Gasteiger partial charge in [0.05, 0.1) is 12.3 Å². The number of nitrogens with zero attached hydrogens (tertiary/aromatic N) is 2. The summed E-state index contributed by atoms with van der Waals surface area (Å²) in [5.74, 6) is 1.03. The predicted molar refractivity (Wildman–Crippen MR) is 72.1 cm³/mol. The summed E-state index contributed by atoms with van der Waals surface area (Å²) >= 11 is 0. The molecule has 0 aliphatic heterocycles. The topological polar surface area (TPSA) is 46.0 Å². The Bertz CT molecular complexity index is 497. The summed E-state index contributed by atoms with van der Waals surface area (Å²) in [6.07, 6.45) is 1.76. The van der Waals surface area contributed by atoms with Gasteiger partial charge in [0.15, 0.2) is 0 Å². The Morgan fingerprint density at radius 2 is 1.83 bits per heavy atom. The van der Waals surface area contributed by atoms with Crippen LogP contribution in [0, 0.1) is 5.92 Å². The summed E-state index contributed by atoms with van der Waals surface area (Å²) < 4.78 is 0. The van der Waals surface area contributed by atoms with Gasteiger partial charge >= 0.3 is 0 Å². The van der Waals surface area contributed by atoms with Gasteiger partial charge in [0, 0.05) is 17.7 Å². The van der Waals surface area contributed by atoms with Crippen LogP contribution >= 0.6 is 0 Å². The van der Waals surface area contributed by atoms with E-state index >= 15 is 0 Å². The highest BCUT2D eigenvalue weighted by Gasteiger charge is 2.18. The first kappa shape index (κ1) is 12.7. The molecule has 0 saturated heterocycles. The van der Waals surface area contributed by atoms with Gasteiger partial charge in [0.2, 0.25) is 0 Å². The van der Waals surface area contributed by atoms with Crippen molar-refractivity contribution in [2.45, 2.75) is 19.8 Å². The first-order valence-electron chi connectivity index (χ1n) is 6.21. The lowest BCUT2D eigenvalue weighted by Gasteiger charge is -2.17. The van der Waals surface area contributed by atoms with E-state index in [0.29, 0.717) is 11.7 Å². The second kappa shape index (κ2) is 5.74. The van der Waals surface area contributed by atoms with Crippen LogP contribution in [0.3, 0.4) is 0 Å². The number of aliphatic hydroxyl groups excluding tert-OH is 1. The maximum atomic E-state index is 9.43. The molecule has 0 radical (unpaired) electrons. The van der Waals surface area contributed by atoms with Crippen molar-refractivity contribution in [3.05, 3.63) is 48.4 Å².